The first kappa shape index (κ1) is 42.7. The second-order valence-electron chi connectivity index (χ2n) is 13.6. The third kappa shape index (κ3) is 11.8. The molecule has 1 fully saturated rings. The Morgan fingerprint density at radius 3 is 2.16 bits per heavy atom. The van der Waals surface area contributed by atoms with Gasteiger partial charge in [-0.05, 0) is 104 Å². The van der Waals surface area contributed by atoms with Gasteiger partial charge in [-0.15, -0.1) is 0 Å². The summed E-state index contributed by atoms with van der Waals surface area (Å²) >= 11 is 6.05. The maximum absolute atomic E-state index is 13.4. The normalized spacial score (nSPS) is 13.6. The zero-order valence-corrected chi connectivity index (χ0v) is 32.4. The number of hydrogen-bond donors (Lipinski definition) is 3. The van der Waals surface area contributed by atoms with E-state index in [0.29, 0.717) is 21.9 Å². The van der Waals surface area contributed by atoms with Crippen molar-refractivity contribution in [1.29, 1.82) is 5.26 Å². The summed E-state index contributed by atoms with van der Waals surface area (Å²) < 4.78 is 7.46. The highest BCUT2D eigenvalue weighted by atomic mass is 35.5. The van der Waals surface area contributed by atoms with Crippen molar-refractivity contribution in [1.82, 2.24) is 19.9 Å². The van der Waals surface area contributed by atoms with Gasteiger partial charge < -0.3 is 30.6 Å². The van der Waals surface area contributed by atoms with Gasteiger partial charge in [-0.25, -0.2) is 9.50 Å². The number of pyridine rings is 2. The Bertz CT molecular complexity index is 1760. The van der Waals surface area contributed by atoms with Gasteiger partial charge in [-0.1, -0.05) is 37.6 Å². The number of aliphatic hydroxyl groups is 1. The fourth-order valence-corrected chi connectivity index (χ4v) is 5.38. The van der Waals surface area contributed by atoms with E-state index in [4.69, 9.17) is 21.3 Å². The highest BCUT2D eigenvalue weighted by Gasteiger charge is 2.37. The number of benzene rings is 1. The summed E-state index contributed by atoms with van der Waals surface area (Å²) in [5.74, 6) is 1.53. The van der Waals surface area contributed by atoms with Crippen molar-refractivity contribution >= 4 is 34.6 Å². The number of carbonyl (C=O) groups excluding carboxylic acids is 2. The van der Waals surface area contributed by atoms with Crippen LogP contribution in [0.1, 0.15) is 86.3 Å². The number of fused-ring (bicyclic) bond motifs is 1. The molecule has 51 heavy (non-hydrogen) atoms. The van der Waals surface area contributed by atoms with Gasteiger partial charge in [0.2, 0.25) is 5.91 Å². The maximum atomic E-state index is 13.4. The maximum Gasteiger partial charge on any atom is 0.230 e. The molecule has 1 amide bonds. The first-order chi connectivity index (χ1) is 24.0. The van der Waals surface area contributed by atoms with Crippen molar-refractivity contribution < 1.29 is 19.4 Å². The minimum Gasteiger partial charge on any atom is -0.489 e. The van der Waals surface area contributed by atoms with Crippen LogP contribution in [0, 0.1) is 11.3 Å². The summed E-state index contributed by atoms with van der Waals surface area (Å²) in [4.78, 5) is 29.8. The molecular weight excluding hydrogens is 666 g/mol. The molecule has 1 aliphatic heterocycles. The monoisotopic (exact) mass is 719 g/mol. The van der Waals surface area contributed by atoms with Crippen LogP contribution < -0.4 is 20.7 Å². The fraction of sp³-hybridized carbons (Fsp3) is 0.462. The number of halogens is 1. The van der Waals surface area contributed by atoms with E-state index >= 15 is 0 Å². The molecule has 4 aromatic rings. The lowest BCUT2D eigenvalue weighted by molar-refractivity contribution is -0.127. The Labute approximate surface area is 307 Å². The van der Waals surface area contributed by atoms with Crippen molar-refractivity contribution in [3.05, 3.63) is 77.2 Å². The number of Topliss-reactive ketones (excluding diaryl/α,β-unsaturated/α-hetero) is 1. The van der Waals surface area contributed by atoms with Crippen molar-refractivity contribution in [2.24, 2.45) is 5.73 Å². The Kier molecular flexibility index (Phi) is 15.6. The molecule has 12 heteroatoms. The number of nitriles is 1. The molecule has 0 unspecified atom stereocenters. The molecule has 1 aliphatic rings. The average Bonchev–Trinajstić information content (AvgIpc) is 3.52. The second kappa shape index (κ2) is 18.7. The highest BCUT2D eigenvalue weighted by molar-refractivity contribution is 6.30. The number of ether oxygens (including phenoxy) is 1. The zero-order valence-electron chi connectivity index (χ0n) is 31.7. The number of rotatable bonds is 8. The fourth-order valence-electron chi connectivity index (χ4n) is 5.25. The summed E-state index contributed by atoms with van der Waals surface area (Å²) in [6, 6.07) is 15.5. The Morgan fingerprint density at radius 1 is 1.06 bits per heavy atom. The Morgan fingerprint density at radius 2 is 1.65 bits per heavy atom. The highest BCUT2D eigenvalue weighted by Crippen LogP contribution is 2.33. The van der Waals surface area contributed by atoms with Crippen molar-refractivity contribution in [3.8, 4) is 22.9 Å². The van der Waals surface area contributed by atoms with Gasteiger partial charge in [0.15, 0.2) is 0 Å². The third-order valence-corrected chi connectivity index (χ3v) is 8.35. The minimum absolute atomic E-state index is 0.00932. The van der Waals surface area contributed by atoms with E-state index < -0.39 is 11.0 Å². The first-order valence-corrected chi connectivity index (χ1v) is 17.5. The lowest BCUT2D eigenvalue weighted by atomic mass is 9.81. The van der Waals surface area contributed by atoms with Gasteiger partial charge in [0.25, 0.3) is 0 Å². The van der Waals surface area contributed by atoms with Gasteiger partial charge in [0, 0.05) is 41.0 Å². The number of nitrogens with zero attached hydrogens (tertiary/aromatic N) is 5. The summed E-state index contributed by atoms with van der Waals surface area (Å²) in [6.45, 7) is 18.0. The van der Waals surface area contributed by atoms with Crippen LogP contribution in [0.5, 0.6) is 5.75 Å². The molecule has 276 valence electrons. The lowest BCUT2D eigenvalue weighted by Gasteiger charge is -2.42. The number of hydrogen-bond acceptors (Lipinski definition) is 9. The smallest absolute Gasteiger partial charge is 0.230 e. The summed E-state index contributed by atoms with van der Waals surface area (Å²) in [7, 11) is 1.50. The summed E-state index contributed by atoms with van der Waals surface area (Å²) in [6.07, 6.45) is 6.58. The van der Waals surface area contributed by atoms with Gasteiger partial charge in [-0.2, -0.15) is 10.4 Å². The minimum atomic E-state index is -1.000. The van der Waals surface area contributed by atoms with Crippen LogP contribution in [0.15, 0.2) is 61.1 Å². The number of nitrogens with one attached hydrogen (secondary N) is 1. The summed E-state index contributed by atoms with van der Waals surface area (Å²) in [5.41, 5.74) is 6.09. The van der Waals surface area contributed by atoms with Crippen LogP contribution in [0.25, 0.3) is 16.6 Å². The number of piperidine rings is 1. The molecule has 0 spiro atoms. The molecular formula is C39H54ClN7O4. The molecule has 0 atom stereocenters. The predicted octanol–water partition coefficient (Wildman–Crippen LogP) is 6.72. The molecule has 5 rings (SSSR count). The molecule has 0 aliphatic carbocycles. The number of ketones is 1. The van der Waals surface area contributed by atoms with Gasteiger partial charge >= 0.3 is 0 Å². The van der Waals surface area contributed by atoms with E-state index in [2.05, 4.69) is 34.0 Å². The SMILES string of the molecule is CC.CC(C)(O)COc1cc(-c2ccc(N3CCC(C)(NC(=O)C(C)(C)c4ccc(Cl)cc4)CC3)nc2)c2c(C#N)cnn2c1.CC(C)=O.CN. The zero-order chi connectivity index (χ0) is 38.6. The molecule has 0 radical (unpaired) electrons. The molecule has 3 aromatic heterocycles. The number of aromatic nitrogens is 3. The molecule has 11 nitrogen and oxygen atoms in total. The van der Waals surface area contributed by atoms with E-state index in [-0.39, 0.29) is 23.8 Å². The van der Waals surface area contributed by atoms with E-state index in [9.17, 15) is 20.0 Å². The molecule has 1 saturated heterocycles. The van der Waals surface area contributed by atoms with Crippen molar-refractivity contribution in [2.45, 2.75) is 91.7 Å². The number of anilines is 1. The van der Waals surface area contributed by atoms with E-state index in [1.54, 1.807) is 30.8 Å². The van der Waals surface area contributed by atoms with E-state index in [1.807, 2.05) is 70.2 Å². The van der Waals surface area contributed by atoms with Crippen LogP contribution >= 0.6 is 11.6 Å². The quantitative estimate of drug-likeness (QED) is 0.180. The number of amides is 1. The van der Waals surface area contributed by atoms with Gasteiger partial charge in [-0.3, -0.25) is 4.79 Å². The number of nitrogens with two attached hydrogens (primary N) is 1. The average molecular weight is 720 g/mol. The topological polar surface area (TPSA) is 159 Å². The van der Waals surface area contributed by atoms with E-state index in [0.717, 1.165) is 48.4 Å². The molecule has 4 heterocycles. The molecule has 4 N–H and O–H groups in total. The van der Waals surface area contributed by atoms with Crippen molar-refractivity contribution in [2.75, 3.05) is 31.6 Å². The molecule has 0 bridgehead atoms. The van der Waals surface area contributed by atoms with Crippen LogP contribution in [0.4, 0.5) is 5.82 Å². The Balaban J connectivity index is 0.00000104. The van der Waals surface area contributed by atoms with Crippen LogP contribution in [-0.2, 0) is 15.0 Å². The predicted molar refractivity (Wildman–Crippen MR) is 205 cm³/mol. The van der Waals surface area contributed by atoms with Crippen LogP contribution in [0.2, 0.25) is 5.02 Å². The summed E-state index contributed by atoms with van der Waals surface area (Å²) in [5, 5.41) is 28.1. The standard InChI is InChI=1S/C33H37ClN6O3.C3H6O.C2H6.CH5N/c1-31(2,42)21-43-26-16-27(29-23(17-35)19-37-40(29)20-26)22-6-11-28(36-18-22)39-14-12-33(5,13-15-39)38-30(41)32(3,4)24-7-9-25(34)10-8-24;1-3(2)4;2*1-2/h6-11,16,18-20,42H,12-15,21H2,1-5H3,(H,38,41);1-2H3;1-2H3;2H2,1H3. The molecule has 0 saturated carbocycles. The van der Waals surface area contributed by atoms with Gasteiger partial charge in [0.05, 0.1) is 34.5 Å². The van der Waals surface area contributed by atoms with Crippen LogP contribution in [0.3, 0.4) is 0 Å². The molecule has 1 aromatic carbocycles. The third-order valence-electron chi connectivity index (χ3n) is 8.10. The largest absolute Gasteiger partial charge is 0.489 e. The van der Waals surface area contributed by atoms with Crippen molar-refractivity contribution in [3.63, 3.8) is 0 Å². The first-order valence-electron chi connectivity index (χ1n) is 17.1. The van der Waals surface area contributed by atoms with E-state index in [1.165, 1.54) is 27.1 Å². The second-order valence-corrected chi connectivity index (χ2v) is 14.0. The Hall–Kier alpha value is -4.50. The lowest BCUT2D eigenvalue weighted by Crippen LogP contribution is -2.57. The van der Waals surface area contributed by atoms with Gasteiger partial charge in [0.1, 0.15) is 30.0 Å². The van der Waals surface area contributed by atoms with Crippen LogP contribution in [-0.4, -0.2) is 69.3 Å². The number of carbonyl (C=O) groups is 2.